The molecule has 21 heavy (non-hydrogen) atoms. The van der Waals surface area contributed by atoms with E-state index in [0.29, 0.717) is 33.5 Å². The smallest absolute Gasteiger partial charge is 0.255 e. The summed E-state index contributed by atoms with van der Waals surface area (Å²) < 4.78 is 10.2. The molecule has 0 bridgehead atoms. The van der Waals surface area contributed by atoms with Crippen LogP contribution in [0.4, 0.5) is 11.4 Å². The van der Waals surface area contributed by atoms with E-state index < -0.39 is 0 Å². The van der Waals surface area contributed by atoms with Gasteiger partial charge in [-0.25, -0.2) is 0 Å². The molecule has 2 aromatic carbocycles. The molecule has 0 aliphatic carbocycles. The quantitative estimate of drug-likeness (QED) is 0.851. The number of amides is 1. The lowest BCUT2D eigenvalue weighted by Gasteiger charge is -2.11. The van der Waals surface area contributed by atoms with E-state index in [9.17, 15) is 4.79 Å². The highest BCUT2D eigenvalue weighted by atomic mass is 35.5. The maximum atomic E-state index is 12.2. The molecule has 5 nitrogen and oxygen atoms in total. The Labute approximate surface area is 127 Å². The molecule has 2 aromatic rings. The number of hydrogen-bond acceptors (Lipinski definition) is 4. The summed E-state index contributed by atoms with van der Waals surface area (Å²) in [5.41, 5.74) is 7.09. The Hall–Kier alpha value is -2.40. The van der Waals surface area contributed by atoms with Crippen LogP contribution in [0.5, 0.6) is 11.5 Å². The lowest BCUT2D eigenvalue weighted by atomic mass is 10.1. The molecule has 0 saturated carbocycles. The summed E-state index contributed by atoms with van der Waals surface area (Å²) >= 11 is 5.92. The summed E-state index contributed by atoms with van der Waals surface area (Å²) in [4.78, 5) is 12.2. The third kappa shape index (κ3) is 3.38. The number of hydrogen-bond donors (Lipinski definition) is 2. The second-order valence-electron chi connectivity index (χ2n) is 4.26. The van der Waals surface area contributed by atoms with Gasteiger partial charge < -0.3 is 20.5 Å². The molecule has 0 spiro atoms. The number of carbonyl (C=O) groups is 1. The van der Waals surface area contributed by atoms with Crippen LogP contribution in [0.2, 0.25) is 5.02 Å². The van der Waals surface area contributed by atoms with E-state index in [1.165, 1.54) is 14.2 Å². The molecular formula is C15H15ClN2O3. The summed E-state index contributed by atoms with van der Waals surface area (Å²) in [5, 5.41) is 3.24. The van der Waals surface area contributed by atoms with E-state index in [1.807, 2.05) is 0 Å². The number of anilines is 2. The maximum absolute atomic E-state index is 12.2. The lowest BCUT2D eigenvalue weighted by Crippen LogP contribution is -2.13. The molecule has 0 heterocycles. The van der Waals surface area contributed by atoms with Crippen molar-refractivity contribution < 1.29 is 14.3 Å². The molecule has 0 aliphatic rings. The highest BCUT2D eigenvalue weighted by Crippen LogP contribution is 2.29. The van der Waals surface area contributed by atoms with Crippen molar-refractivity contribution in [3.63, 3.8) is 0 Å². The number of benzene rings is 2. The van der Waals surface area contributed by atoms with Crippen LogP contribution in [0.15, 0.2) is 36.4 Å². The Morgan fingerprint density at radius 3 is 2.38 bits per heavy atom. The predicted molar refractivity (Wildman–Crippen MR) is 83.4 cm³/mol. The number of carbonyl (C=O) groups excluding carboxylic acids is 1. The average Bonchev–Trinajstić information content (AvgIpc) is 2.47. The van der Waals surface area contributed by atoms with Gasteiger partial charge in [-0.15, -0.1) is 0 Å². The Bertz CT molecular complexity index is 674. The van der Waals surface area contributed by atoms with Crippen molar-refractivity contribution in [2.24, 2.45) is 0 Å². The van der Waals surface area contributed by atoms with E-state index in [2.05, 4.69) is 5.32 Å². The van der Waals surface area contributed by atoms with Gasteiger partial charge in [-0.1, -0.05) is 11.6 Å². The van der Waals surface area contributed by atoms with Crippen LogP contribution in [0, 0.1) is 0 Å². The first-order valence-corrected chi connectivity index (χ1v) is 6.51. The van der Waals surface area contributed by atoms with E-state index >= 15 is 0 Å². The second kappa shape index (κ2) is 6.37. The van der Waals surface area contributed by atoms with Crippen LogP contribution in [0.3, 0.4) is 0 Å². The van der Waals surface area contributed by atoms with Gasteiger partial charge in [0.2, 0.25) is 0 Å². The van der Waals surface area contributed by atoms with Crippen molar-refractivity contribution in [3.05, 3.63) is 47.0 Å². The van der Waals surface area contributed by atoms with Crippen LogP contribution in [0.25, 0.3) is 0 Å². The number of ether oxygens (including phenoxy) is 2. The van der Waals surface area contributed by atoms with Crippen LogP contribution in [0.1, 0.15) is 10.4 Å². The molecule has 0 saturated heterocycles. The Kier molecular flexibility index (Phi) is 4.55. The van der Waals surface area contributed by atoms with Gasteiger partial charge in [0.25, 0.3) is 5.91 Å². The minimum absolute atomic E-state index is 0.315. The third-order valence-corrected chi connectivity index (χ3v) is 3.14. The zero-order chi connectivity index (χ0) is 15.4. The van der Waals surface area contributed by atoms with E-state index in [1.54, 1.807) is 36.4 Å². The fraction of sp³-hybridized carbons (Fsp3) is 0.133. The number of rotatable bonds is 4. The lowest BCUT2D eigenvalue weighted by molar-refractivity contribution is 0.102. The molecule has 0 unspecified atom stereocenters. The Morgan fingerprint density at radius 2 is 1.76 bits per heavy atom. The van der Waals surface area contributed by atoms with Crippen LogP contribution in [-0.4, -0.2) is 20.1 Å². The van der Waals surface area contributed by atoms with Gasteiger partial charge >= 0.3 is 0 Å². The number of methoxy groups -OCH3 is 2. The van der Waals surface area contributed by atoms with Gasteiger partial charge in [-0.05, 0) is 36.4 Å². The Balaban J connectivity index is 2.26. The van der Waals surface area contributed by atoms with Crippen molar-refractivity contribution in [1.29, 1.82) is 0 Å². The molecule has 0 aromatic heterocycles. The van der Waals surface area contributed by atoms with Crippen molar-refractivity contribution in [2.45, 2.75) is 0 Å². The third-order valence-electron chi connectivity index (χ3n) is 2.90. The van der Waals surface area contributed by atoms with Crippen LogP contribution >= 0.6 is 11.6 Å². The molecule has 0 fully saturated rings. The monoisotopic (exact) mass is 306 g/mol. The fourth-order valence-electron chi connectivity index (χ4n) is 1.85. The SMILES string of the molecule is COc1ccc(C(=O)Nc2cc(Cl)ccc2OC)cc1N. The summed E-state index contributed by atoms with van der Waals surface area (Å²) in [7, 11) is 3.03. The molecular weight excluding hydrogens is 292 g/mol. The van der Waals surface area contributed by atoms with Crippen molar-refractivity contribution in [3.8, 4) is 11.5 Å². The fourth-order valence-corrected chi connectivity index (χ4v) is 2.02. The average molecular weight is 307 g/mol. The number of nitrogen functional groups attached to an aromatic ring is 1. The summed E-state index contributed by atoms with van der Waals surface area (Å²) in [6.07, 6.45) is 0. The first-order valence-electron chi connectivity index (χ1n) is 6.13. The van der Waals surface area contributed by atoms with Gasteiger partial charge in [0.15, 0.2) is 0 Å². The minimum Gasteiger partial charge on any atom is -0.495 e. The molecule has 1 amide bonds. The van der Waals surface area contributed by atoms with Crippen molar-refractivity contribution in [1.82, 2.24) is 0 Å². The summed E-state index contributed by atoms with van der Waals surface area (Å²) in [5.74, 6) is 0.728. The summed E-state index contributed by atoms with van der Waals surface area (Å²) in [6.45, 7) is 0. The zero-order valence-corrected chi connectivity index (χ0v) is 12.4. The summed E-state index contributed by atoms with van der Waals surface area (Å²) in [6, 6.07) is 9.79. The molecule has 6 heteroatoms. The predicted octanol–water partition coefficient (Wildman–Crippen LogP) is 3.19. The normalized spacial score (nSPS) is 10.0. The van der Waals surface area contributed by atoms with Crippen molar-refractivity contribution in [2.75, 3.05) is 25.3 Å². The molecule has 0 atom stereocenters. The number of halogens is 1. The van der Waals surface area contributed by atoms with E-state index in [4.69, 9.17) is 26.8 Å². The topological polar surface area (TPSA) is 73.6 Å². The standard InChI is InChI=1S/C15H15ClN2O3/c1-20-13-5-3-9(7-11(13)17)15(19)18-12-8-10(16)4-6-14(12)21-2/h3-8H,17H2,1-2H3,(H,18,19). The Morgan fingerprint density at radius 1 is 1.10 bits per heavy atom. The molecule has 3 N–H and O–H groups in total. The molecule has 2 rings (SSSR count). The largest absolute Gasteiger partial charge is 0.495 e. The highest BCUT2D eigenvalue weighted by molar-refractivity contribution is 6.31. The van der Waals surface area contributed by atoms with Gasteiger partial charge in [0.05, 0.1) is 25.6 Å². The van der Waals surface area contributed by atoms with Gasteiger partial charge in [-0.3, -0.25) is 4.79 Å². The van der Waals surface area contributed by atoms with Crippen molar-refractivity contribution >= 4 is 28.9 Å². The second-order valence-corrected chi connectivity index (χ2v) is 4.69. The number of nitrogens with two attached hydrogens (primary N) is 1. The highest BCUT2D eigenvalue weighted by Gasteiger charge is 2.12. The minimum atomic E-state index is -0.315. The first kappa shape index (κ1) is 15.0. The zero-order valence-electron chi connectivity index (χ0n) is 11.6. The van der Waals surface area contributed by atoms with Gasteiger partial charge in [0.1, 0.15) is 11.5 Å². The van der Waals surface area contributed by atoms with E-state index in [-0.39, 0.29) is 5.91 Å². The first-order chi connectivity index (χ1) is 10.0. The van der Waals surface area contributed by atoms with Gasteiger partial charge in [-0.2, -0.15) is 0 Å². The van der Waals surface area contributed by atoms with Crippen LogP contribution < -0.4 is 20.5 Å². The van der Waals surface area contributed by atoms with Gasteiger partial charge in [0, 0.05) is 10.6 Å². The molecule has 0 radical (unpaired) electrons. The van der Waals surface area contributed by atoms with E-state index in [0.717, 1.165) is 0 Å². The molecule has 110 valence electrons. The molecule has 0 aliphatic heterocycles. The van der Waals surface area contributed by atoms with Crippen LogP contribution in [-0.2, 0) is 0 Å². The number of nitrogens with one attached hydrogen (secondary N) is 1. The maximum Gasteiger partial charge on any atom is 0.255 e.